The van der Waals surface area contributed by atoms with Crippen LogP contribution in [0, 0.1) is 5.92 Å². The Morgan fingerprint density at radius 2 is 1.34 bits per heavy atom. The summed E-state index contributed by atoms with van der Waals surface area (Å²) in [5, 5.41) is 0. The zero-order chi connectivity index (χ0) is 21.7. The topological polar surface area (TPSA) is 133 Å². The van der Waals surface area contributed by atoms with Crippen molar-refractivity contribution in [3.8, 4) is 0 Å². The second-order valence-electron chi connectivity index (χ2n) is 6.32. The third-order valence-electron chi connectivity index (χ3n) is 3.40. The van der Waals surface area contributed by atoms with Gasteiger partial charge in [0.2, 0.25) is 0 Å². The van der Waals surface area contributed by atoms with Crippen LogP contribution in [0.4, 0.5) is 0 Å². The standard InChI is InChI=1S/C18H28O9S.K.H/c1-13(2)16(19)26-11-15(12-27-17(20)14(3)4)18(21)25-9-7-5-6-8-10-28(22,23)24;;/h15H,1,3,5-12H2,2,4H3,(H,22,23,24);;/q;+1;-1. The molecule has 0 aliphatic rings. The first-order valence-corrected chi connectivity index (χ1v) is 10.3. The van der Waals surface area contributed by atoms with Crippen LogP contribution in [-0.4, -0.2) is 56.5 Å². The van der Waals surface area contributed by atoms with E-state index in [1.165, 1.54) is 13.8 Å². The summed E-state index contributed by atoms with van der Waals surface area (Å²) in [6.07, 6.45) is 1.94. The molecule has 0 heterocycles. The largest absolute Gasteiger partial charge is 1.00 e. The molecule has 0 bridgehead atoms. The number of hydrogen-bond acceptors (Lipinski definition) is 8. The second-order valence-corrected chi connectivity index (χ2v) is 7.89. The number of hydrogen-bond donors (Lipinski definition) is 1. The number of rotatable bonds is 14. The first-order valence-electron chi connectivity index (χ1n) is 8.71. The van der Waals surface area contributed by atoms with Gasteiger partial charge in [-0.25, -0.2) is 9.59 Å². The number of unbranched alkanes of at least 4 members (excludes halogenated alkanes) is 3. The normalized spacial score (nSPS) is 10.6. The molecule has 0 amide bonds. The van der Waals surface area contributed by atoms with Crippen molar-refractivity contribution < 1.29 is 94.4 Å². The fourth-order valence-corrected chi connectivity index (χ4v) is 2.38. The van der Waals surface area contributed by atoms with Gasteiger partial charge in [0.15, 0.2) is 0 Å². The molecule has 0 spiro atoms. The van der Waals surface area contributed by atoms with Crippen molar-refractivity contribution in [2.75, 3.05) is 25.6 Å². The summed E-state index contributed by atoms with van der Waals surface area (Å²) in [4.78, 5) is 35.1. The Morgan fingerprint density at radius 1 is 0.897 bits per heavy atom. The van der Waals surface area contributed by atoms with Gasteiger partial charge in [0.25, 0.3) is 10.1 Å². The molecule has 0 fully saturated rings. The Bertz CT molecular complexity index is 662. The van der Waals surface area contributed by atoms with Gasteiger partial charge in [-0.3, -0.25) is 9.35 Å². The van der Waals surface area contributed by atoms with Crippen LogP contribution in [0.3, 0.4) is 0 Å². The van der Waals surface area contributed by atoms with E-state index in [4.69, 9.17) is 18.8 Å². The van der Waals surface area contributed by atoms with E-state index in [0.29, 0.717) is 25.7 Å². The first kappa shape index (κ1) is 30.6. The number of carbonyl (C=O) groups is 3. The quantitative estimate of drug-likeness (QED) is 0.0860. The zero-order valence-electron chi connectivity index (χ0n) is 18.3. The van der Waals surface area contributed by atoms with Crippen LogP contribution < -0.4 is 51.4 Å². The average Bonchev–Trinajstić information content (AvgIpc) is 2.58. The molecule has 0 saturated carbocycles. The third kappa shape index (κ3) is 16.9. The fourth-order valence-electron chi connectivity index (χ4n) is 1.81. The molecular formula is C18H29KO9S. The molecular weight excluding hydrogens is 431 g/mol. The minimum atomic E-state index is -3.96. The van der Waals surface area contributed by atoms with Gasteiger partial charge < -0.3 is 15.6 Å². The van der Waals surface area contributed by atoms with Crippen LogP contribution in [0.15, 0.2) is 24.3 Å². The predicted octanol–water partition coefficient (Wildman–Crippen LogP) is -1.05. The Hall–Kier alpha value is -0.564. The van der Waals surface area contributed by atoms with Gasteiger partial charge in [0.05, 0.1) is 12.4 Å². The molecule has 0 aliphatic carbocycles. The molecule has 0 unspecified atom stereocenters. The van der Waals surface area contributed by atoms with Crippen LogP contribution in [0.25, 0.3) is 0 Å². The second kappa shape index (κ2) is 16.2. The molecule has 29 heavy (non-hydrogen) atoms. The Labute approximate surface area is 215 Å². The zero-order valence-corrected chi connectivity index (χ0v) is 21.2. The number of esters is 3. The van der Waals surface area contributed by atoms with Crippen LogP contribution in [0.5, 0.6) is 0 Å². The van der Waals surface area contributed by atoms with Gasteiger partial charge in [-0.05, 0) is 26.7 Å². The predicted molar refractivity (Wildman–Crippen MR) is 102 cm³/mol. The van der Waals surface area contributed by atoms with Crippen molar-refractivity contribution in [2.24, 2.45) is 5.92 Å². The molecule has 0 saturated heterocycles. The maximum absolute atomic E-state index is 12.2. The van der Waals surface area contributed by atoms with Gasteiger partial charge in [-0.15, -0.1) is 0 Å². The summed E-state index contributed by atoms with van der Waals surface area (Å²) >= 11 is 0. The molecule has 0 aromatic heterocycles. The van der Waals surface area contributed by atoms with E-state index in [0.717, 1.165) is 0 Å². The van der Waals surface area contributed by atoms with Crippen molar-refractivity contribution in [1.82, 2.24) is 0 Å². The summed E-state index contributed by atoms with van der Waals surface area (Å²) in [5.74, 6) is -3.35. The molecule has 0 aromatic carbocycles. The van der Waals surface area contributed by atoms with Crippen molar-refractivity contribution in [1.29, 1.82) is 0 Å². The van der Waals surface area contributed by atoms with Crippen molar-refractivity contribution in [3.63, 3.8) is 0 Å². The number of ether oxygens (including phenoxy) is 3. The smallest absolute Gasteiger partial charge is 1.00 e. The fraction of sp³-hybridized carbons (Fsp3) is 0.611. The van der Waals surface area contributed by atoms with E-state index in [-0.39, 0.29) is 89.5 Å². The minimum Gasteiger partial charge on any atom is -1.00 e. The van der Waals surface area contributed by atoms with E-state index in [1.54, 1.807) is 0 Å². The van der Waals surface area contributed by atoms with Crippen molar-refractivity contribution in [3.05, 3.63) is 24.3 Å². The number of carbonyl (C=O) groups excluding carboxylic acids is 3. The van der Waals surface area contributed by atoms with Gasteiger partial charge >= 0.3 is 69.3 Å². The SMILES string of the molecule is C=C(C)C(=O)OCC(COC(=O)C(=C)C)C(=O)OCCCCCCS(=O)(=O)O.[H-].[K+]. The Morgan fingerprint density at radius 3 is 1.76 bits per heavy atom. The van der Waals surface area contributed by atoms with E-state index in [2.05, 4.69) is 13.2 Å². The monoisotopic (exact) mass is 460 g/mol. The summed E-state index contributed by atoms with van der Waals surface area (Å²) in [6, 6.07) is 0. The van der Waals surface area contributed by atoms with Crippen LogP contribution in [0.1, 0.15) is 41.0 Å². The maximum Gasteiger partial charge on any atom is 1.00 e. The van der Waals surface area contributed by atoms with E-state index in [1.807, 2.05) is 0 Å². The molecule has 9 nitrogen and oxygen atoms in total. The van der Waals surface area contributed by atoms with Gasteiger partial charge in [0.1, 0.15) is 19.1 Å². The maximum atomic E-state index is 12.2. The average molecular weight is 461 g/mol. The first-order chi connectivity index (χ1) is 12.9. The molecule has 0 radical (unpaired) electrons. The molecule has 1 N–H and O–H groups in total. The molecule has 0 aromatic rings. The van der Waals surface area contributed by atoms with E-state index < -0.39 is 33.9 Å². The van der Waals surface area contributed by atoms with Crippen LogP contribution in [-0.2, 0) is 38.7 Å². The molecule has 162 valence electrons. The van der Waals surface area contributed by atoms with Crippen molar-refractivity contribution >= 4 is 28.0 Å². The summed E-state index contributed by atoms with van der Waals surface area (Å²) < 4.78 is 44.8. The third-order valence-corrected chi connectivity index (χ3v) is 4.21. The van der Waals surface area contributed by atoms with E-state index >= 15 is 0 Å². The van der Waals surface area contributed by atoms with Crippen molar-refractivity contribution in [2.45, 2.75) is 39.5 Å². The summed E-state index contributed by atoms with van der Waals surface area (Å²) in [5.41, 5.74) is 0.326. The molecule has 11 heteroatoms. The van der Waals surface area contributed by atoms with E-state index in [9.17, 15) is 22.8 Å². The minimum absolute atomic E-state index is 0. The summed E-state index contributed by atoms with van der Waals surface area (Å²) in [7, 11) is -3.96. The van der Waals surface area contributed by atoms with Crippen LogP contribution >= 0.6 is 0 Å². The Kier molecular flexibility index (Phi) is 17.1. The molecule has 0 rings (SSSR count). The van der Waals surface area contributed by atoms with Crippen LogP contribution in [0.2, 0.25) is 0 Å². The molecule has 0 atom stereocenters. The summed E-state index contributed by atoms with van der Waals surface area (Å²) in [6.45, 7) is 9.19. The molecule has 0 aliphatic heterocycles. The Balaban J connectivity index is -0.00000364. The van der Waals surface area contributed by atoms with Gasteiger partial charge in [0, 0.05) is 11.1 Å². The van der Waals surface area contributed by atoms with Gasteiger partial charge in [-0.1, -0.05) is 26.0 Å². The van der Waals surface area contributed by atoms with Gasteiger partial charge in [-0.2, -0.15) is 8.42 Å².